The molecule has 0 bridgehead atoms. The average Bonchev–Trinajstić information content (AvgIpc) is 2.41. The number of alkyl halides is 2. The van der Waals surface area contributed by atoms with E-state index in [1.807, 2.05) is 0 Å². The van der Waals surface area contributed by atoms with E-state index < -0.39 is 6.61 Å². The van der Waals surface area contributed by atoms with Crippen molar-refractivity contribution in [1.29, 1.82) is 0 Å². The van der Waals surface area contributed by atoms with Crippen molar-refractivity contribution in [2.45, 2.75) is 32.4 Å². The Morgan fingerprint density at radius 3 is 2.89 bits per heavy atom. The monoisotopic (exact) mass is 271 g/mol. The zero-order chi connectivity index (χ0) is 13.7. The van der Waals surface area contributed by atoms with Gasteiger partial charge in [-0.15, -0.1) is 0 Å². The molecule has 1 saturated heterocycles. The first-order valence-electron chi connectivity index (χ1n) is 6.53. The van der Waals surface area contributed by atoms with Gasteiger partial charge in [0.15, 0.2) is 0 Å². The Morgan fingerprint density at radius 1 is 1.47 bits per heavy atom. The largest absolute Gasteiger partial charge is 0.433 e. The molecule has 2 atom stereocenters. The molecule has 0 spiro atoms. The van der Waals surface area contributed by atoms with Gasteiger partial charge in [-0.25, -0.2) is 4.98 Å². The smallest absolute Gasteiger partial charge is 0.387 e. The molecule has 1 aromatic rings. The van der Waals surface area contributed by atoms with Crippen molar-refractivity contribution in [2.75, 3.05) is 18.4 Å². The number of ether oxygens (including phenoxy) is 1. The third-order valence-corrected chi connectivity index (χ3v) is 3.38. The van der Waals surface area contributed by atoms with Crippen molar-refractivity contribution < 1.29 is 13.5 Å². The first kappa shape index (κ1) is 14.0. The van der Waals surface area contributed by atoms with E-state index in [-0.39, 0.29) is 5.75 Å². The van der Waals surface area contributed by atoms with Gasteiger partial charge in [-0.05, 0) is 50.9 Å². The molecule has 1 aromatic heterocycles. The van der Waals surface area contributed by atoms with Crippen LogP contribution in [-0.4, -0.2) is 30.7 Å². The summed E-state index contributed by atoms with van der Waals surface area (Å²) in [6.07, 6.45) is 3.68. The number of hydrogen-bond acceptors (Lipinski definition) is 4. The zero-order valence-corrected chi connectivity index (χ0v) is 10.9. The molecule has 0 aliphatic carbocycles. The lowest BCUT2D eigenvalue weighted by molar-refractivity contribution is -0.0500. The molecular weight excluding hydrogens is 252 g/mol. The predicted molar refractivity (Wildman–Crippen MR) is 69.5 cm³/mol. The highest BCUT2D eigenvalue weighted by atomic mass is 19.3. The molecule has 1 fully saturated rings. The van der Waals surface area contributed by atoms with E-state index in [4.69, 9.17) is 0 Å². The first-order valence-corrected chi connectivity index (χ1v) is 6.53. The number of pyridine rings is 1. The molecule has 0 amide bonds. The summed E-state index contributed by atoms with van der Waals surface area (Å²) in [6.45, 7) is 1.39. The van der Waals surface area contributed by atoms with Crippen molar-refractivity contribution in [3.8, 4) is 5.75 Å². The molecule has 2 unspecified atom stereocenters. The molecule has 0 saturated carbocycles. The van der Waals surface area contributed by atoms with Gasteiger partial charge >= 0.3 is 6.61 Å². The molecule has 0 aromatic carbocycles. The normalized spacial score (nSPS) is 21.2. The lowest BCUT2D eigenvalue weighted by Crippen LogP contribution is -2.38. The lowest BCUT2D eigenvalue weighted by Gasteiger charge is -2.29. The van der Waals surface area contributed by atoms with Crippen LogP contribution in [0, 0.1) is 5.92 Å². The average molecular weight is 271 g/mol. The van der Waals surface area contributed by atoms with Gasteiger partial charge in [-0.3, -0.25) is 0 Å². The fraction of sp³-hybridized carbons (Fsp3) is 0.615. The fourth-order valence-corrected chi connectivity index (χ4v) is 2.29. The van der Waals surface area contributed by atoms with Crippen molar-refractivity contribution >= 4 is 5.82 Å². The second-order valence-corrected chi connectivity index (χ2v) is 4.80. The van der Waals surface area contributed by atoms with E-state index in [9.17, 15) is 8.78 Å². The Bertz CT molecular complexity index is 380. The molecule has 2 N–H and O–H groups in total. The number of nitrogens with zero attached hydrogens (tertiary/aromatic N) is 1. The summed E-state index contributed by atoms with van der Waals surface area (Å²) in [4.78, 5) is 4.08. The molecule has 2 heterocycles. The lowest BCUT2D eigenvalue weighted by atomic mass is 9.93. The molecular formula is C13H19F2N3O. The maximum atomic E-state index is 12.0. The van der Waals surface area contributed by atoms with Crippen LogP contribution >= 0.6 is 0 Å². The van der Waals surface area contributed by atoms with Gasteiger partial charge in [0.2, 0.25) is 0 Å². The summed E-state index contributed by atoms with van der Waals surface area (Å²) in [5, 5.41) is 6.67. The molecule has 1 aliphatic heterocycles. The Hall–Kier alpha value is -1.43. The van der Waals surface area contributed by atoms with Gasteiger partial charge in [-0.2, -0.15) is 8.78 Å². The summed E-state index contributed by atoms with van der Waals surface area (Å²) in [6, 6.07) is 3.44. The van der Waals surface area contributed by atoms with Crippen LogP contribution in [0.4, 0.5) is 14.6 Å². The van der Waals surface area contributed by atoms with Crippen molar-refractivity contribution in [1.82, 2.24) is 10.3 Å². The molecule has 0 radical (unpaired) electrons. The van der Waals surface area contributed by atoms with Gasteiger partial charge in [0.25, 0.3) is 0 Å². The summed E-state index contributed by atoms with van der Waals surface area (Å²) in [5.74, 6) is 1.32. The van der Waals surface area contributed by atoms with Crippen LogP contribution in [-0.2, 0) is 0 Å². The standard InChI is InChI=1S/C13H19F2N3O/c1-9(10-3-2-6-16-7-10)18-12-5-4-11(8-17-12)19-13(14)15/h4-5,8-10,13,16H,2-3,6-7H2,1H3,(H,17,18). The van der Waals surface area contributed by atoms with E-state index in [0.29, 0.717) is 17.8 Å². The maximum Gasteiger partial charge on any atom is 0.387 e. The van der Waals surface area contributed by atoms with E-state index in [2.05, 4.69) is 27.3 Å². The Morgan fingerprint density at radius 2 is 2.32 bits per heavy atom. The van der Waals surface area contributed by atoms with E-state index in [0.717, 1.165) is 13.1 Å². The molecule has 1 aliphatic rings. The highest BCUT2D eigenvalue weighted by Gasteiger charge is 2.19. The van der Waals surface area contributed by atoms with Crippen LogP contribution in [0.2, 0.25) is 0 Å². The Labute approximate surface area is 111 Å². The third-order valence-electron chi connectivity index (χ3n) is 3.38. The number of nitrogens with one attached hydrogen (secondary N) is 2. The van der Waals surface area contributed by atoms with E-state index in [1.54, 1.807) is 6.07 Å². The number of anilines is 1. The van der Waals surface area contributed by atoms with Crippen molar-refractivity contribution in [3.05, 3.63) is 18.3 Å². The quantitative estimate of drug-likeness (QED) is 0.863. The Balaban J connectivity index is 1.87. The van der Waals surface area contributed by atoms with Crippen LogP contribution in [0.5, 0.6) is 5.75 Å². The highest BCUT2D eigenvalue weighted by Crippen LogP contribution is 2.19. The van der Waals surface area contributed by atoms with Gasteiger partial charge in [0.05, 0.1) is 6.20 Å². The number of aromatic nitrogens is 1. The van der Waals surface area contributed by atoms with Gasteiger partial charge < -0.3 is 15.4 Å². The number of piperidine rings is 1. The minimum Gasteiger partial charge on any atom is -0.433 e. The third kappa shape index (κ3) is 4.31. The molecule has 4 nitrogen and oxygen atoms in total. The first-order chi connectivity index (χ1) is 9.15. The second-order valence-electron chi connectivity index (χ2n) is 4.80. The summed E-state index contributed by atoms with van der Waals surface area (Å²) < 4.78 is 28.3. The van der Waals surface area contributed by atoms with Crippen LogP contribution in [0.15, 0.2) is 18.3 Å². The van der Waals surface area contributed by atoms with E-state index >= 15 is 0 Å². The predicted octanol–water partition coefficient (Wildman–Crippen LogP) is 2.48. The van der Waals surface area contributed by atoms with E-state index in [1.165, 1.54) is 25.1 Å². The minimum absolute atomic E-state index is 0.0764. The van der Waals surface area contributed by atoms with Gasteiger partial charge in [0.1, 0.15) is 11.6 Å². The Kier molecular flexibility index (Phi) is 4.90. The molecule has 19 heavy (non-hydrogen) atoms. The number of rotatable bonds is 5. The highest BCUT2D eigenvalue weighted by molar-refractivity contribution is 5.38. The summed E-state index contributed by atoms with van der Waals surface area (Å²) >= 11 is 0. The maximum absolute atomic E-state index is 12.0. The summed E-state index contributed by atoms with van der Waals surface area (Å²) in [5.41, 5.74) is 0. The van der Waals surface area contributed by atoms with Crippen molar-refractivity contribution in [2.24, 2.45) is 5.92 Å². The zero-order valence-electron chi connectivity index (χ0n) is 10.9. The number of halogens is 2. The minimum atomic E-state index is -2.81. The van der Waals surface area contributed by atoms with Crippen LogP contribution in [0.3, 0.4) is 0 Å². The topological polar surface area (TPSA) is 46.2 Å². The SMILES string of the molecule is CC(Nc1ccc(OC(F)F)cn1)C1CCCNC1. The van der Waals surface area contributed by atoms with Crippen LogP contribution < -0.4 is 15.4 Å². The fourth-order valence-electron chi connectivity index (χ4n) is 2.29. The van der Waals surface area contributed by atoms with Gasteiger partial charge in [-0.1, -0.05) is 0 Å². The van der Waals surface area contributed by atoms with Crippen LogP contribution in [0.1, 0.15) is 19.8 Å². The van der Waals surface area contributed by atoms with Gasteiger partial charge in [0, 0.05) is 6.04 Å². The molecule has 2 rings (SSSR count). The van der Waals surface area contributed by atoms with Crippen molar-refractivity contribution in [3.63, 3.8) is 0 Å². The number of hydrogen-bond donors (Lipinski definition) is 2. The molecule has 6 heteroatoms. The summed E-state index contributed by atoms with van der Waals surface area (Å²) in [7, 11) is 0. The molecule has 106 valence electrons. The second kappa shape index (κ2) is 6.65. The van der Waals surface area contributed by atoms with Crippen LogP contribution in [0.25, 0.3) is 0 Å².